The minimum atomic E-state index is 0.318. The summed E-state index contributed by atoms with van der Waals surface area (Å²) in [7, 11) is 0. The van der Waals surface area contributed by atoms with E-state index in [1.807, 2.05) is 19.9 Å². The van der Waals surface area contributed by atoms with Gasteiger partial charge in [0.15, 0.2) is 5.75 Å². The minimum Gasteiger partial charge on any atom is -0.435 e. The molecule has 94 valence electrons. The highest BCUT2D eigenvalue weighted by Crippen LogP contribution is 2.28. The van der Waals surface area contributed by atoms with E-state index in [-0.39, 0.29) is 0 Å². The quantitative estimate of drug-likeness (QED) is 0.920. The van der Waals surface area contributed by atoms with Crippen LogP contribution >= 0.6 is 11.6 Å². The second-order valence-electron chi connectivity index (χ2n) is 3.57. The summed E-state index contributed by atoms with van der Waals surface area (Å²) in [4.78, 5) is 12.4. The lowest BCUT2D eigenvalue weighted by molar-refractivity contribution is 0.456. The molecule has 6 heteroatoms. The molecule has 0 saturated carbocycles. The Morgan fingerprint density at radius 2 is 2.22 bits per heavy atom. The summed E-state index contributed by atoms with van der Waals surface area (Å²) in [6.45, 7) is 4.55. The Labute approximate surface area is 110 Å². The van der Waals surface area contributed by atoms with Crippen molar-refractivity contribution in [1.29, 1.82) is 0 Å². The van der Waals surface area contributed by atoms with E-state index in [9.17, 15) is 0 Å². The molecular weight excluding hydrogens is 252 g/mol. The summed E-state index contributed by atoms with van der Waals surface area (Å²) in [5, 5.41) is 3.36. The SMILES string of the molecule is CCNc1ncc(Cl)c(Oc2cccnc2C)n1. The number of aromatic nitrogens is 3. The molecule has 0 unspecified atom stereocenters. The zero-order chi connectivity index (χ0) is 13.0. The average molecular weight is 265 g/mol. The molecule has 0 radical (unpaired) electrons. The van der Waals surface area contributed by atoms with Crippen LogP contribution in [0.25, 0.3) is 0 Å². The maximum absolute atomic E-state index is 6.00. The van der Waals surface area contributed by atoms with Gasteiger partial charge in [0.2, 0.25) is 11.8 Å². The van der Waals surface area contributed by atoms with Crippen LogP contribution in [0.1, 0.15) is 12.6 Å². The van der Waals surface area contributed by atoms with E-state index >= 15 is 0 Å². The molecule has 0 amide bonds. The van der Waals surface area contributed by atoms with E-state index in [0.717, 1.165) is 12.2 Å². The molecule has 0 aliphatic rings. The van der Waals surface area contributed by atoms with E-state index in [1.165, 1.54) is 6.20 Å². The molecule has 2 aromatic heterocycles. The van der Waals surface area contributed by atoms with Crippen molar-refractivity contribution in [2.75, 3.05) is 11.9 Å². The van der Waals surface area contributed by atoms with Crippen LogP contribution in [0.2, 0.25) is 5.02 Å². The van der Waals surface area contributed by atoms with E-state index < -0.39 is 0 Å². The van der Waals surface area contributed by atoms with E-state index in [0.29, 0.717) is 22.6 Å². The number of ether oxygens (including phenoxy) is 1. The molecular formula is C12H13ClN4O. The monoisotopic (exact) mass is 264 g/mol. The molecule has 2 heterocycles. The molecule has 0 aliphatic heterocycles. The molecule has 0 atom stereocenters. The third-order valence-electron chi connectivity index (χ3n) is 2.21. The lowest BCUT2D eigenvalue weighted by Crippen LogP contribution is -2.03. The lowest BCUT2D eigenvalue weighted by atomic mass is 10.3. The van der Waals surface area contributed by atoms with Gasteiger partial charge < -0.3 is 10.1 Å². The van der Waals surface area contributed by atoms with Gasteiger partial charge in [-0.2, -0.15) is 4.98 Å². The first-order valence-corrected chi connectivity index (χ1v) is 5.94. The largest absolute Gasteiger partial charge is 0.435 e. The topological polar surface area (TPSA) is 59.9 Å². The van der Waals surface area contributed by atoms with Gasteiger partial charge in [0.25, 0.3) is 0 Å². The summed E-state index contributed by atoms with van der Waals surface area (Å²) in [5.74, 6) is 1.43. The van der Waals surface area contributed by atoms with E-state index in [2.05, 4.69) is 20.3 Å². The predicted octanol–water partition coefficient (Wildman–Crippen LogP) is 3.06. The smallest absolute Gasteiger partial charge is 0.243 e. The van der Waals surface area contributed by atoms with Crippen LogP contribution in [0.15, 0.2) is 24.5 Å². The van der Waals surface area contributed by atoms with Crippen LogP contribution in [0, 0.1) is 6.92 Å². The standard InChI is InChI=1S/C12H13ClN4O/c1-3-14-12-16-7-9(13)11(17-12)18-10-5-4-6-15-8(10)2/h4-7H,3H2,1-2H3,(H,14,16,17). The number of aryl methyl sites for hydroxylation is 1. The Balaban J connectivity index is 2.28. The maximum Gasteiger partial charge on any atom is 0.243 e. The summed E-state index contributed by atoms with van der Waals surface area (Å²) in [6, 6.07) is 3.61. The van der Waals surface area contributed by atoms with Crippen molar-refractivity contribution in [3.63, 3.8) is 0 Å². The van der Waals surface area contributed by atoms with Gasteiger partial charge >= 0.3 is 0 Å². The third kappa shape index (κ3) is 2.87. The Morgan fingerprint density at radius 1 is 1.39 bits per heavy atom. The van der Waals surface area contributed by atoms with Gasteiger partial charge in [-0.15, -0.1) is 0 Å². The van der Waals surface area contributed by atoms with E-state index in [4.69, 9.17) is 16.3 Å². The molecule has 0 aliphatic carbocycles. The Hall–Kier alpha value is -1.88. The highest BCUT2D eigenvalue weighted by molar-refractivity contribution is 6.31. The fourth-order valence-corrected chi connectivity index (χ4v) is 1.48. The minimum absolute atomic E-state index is 0.318. The van der Waals surface area contributed by atoms with Crippen molar-refractivity contribution >= 4 is 17.5 Å². The molecule has 2 rings (SSSR count). The third-order valence-corrected chi connectivity index (χ3v) is 2.47. The summed E-state index contributed by atoms with van der Waals surface area (Å²) in [5.41, 5.74) is 0.775. The zero-order valence-corrected chi connectivity index (χ0v) is 10.9. The molecule has 0 aromatic carbocycles. The number of hydrogen-bond acceptors (Lipinski definition) is 5. The van der Waals surface area contributed by atoms with Crippen LogP contribution in [-0.2, 0) is 0 Å². The number of pyridine rings is 1. The highest BCUT2D eigenvalue weighted by atomic mass is 35.5. The average Bonchev–Trinajstić information content (AvgIpc) is 2.36. The first kappa shape index (κ1) is 12.6. The number of nitrogens with one attached hydrogen (secondary N) is 1. The lowest BCUT2D eigenvalue weighted by Gasteiger charge is -2.09. The number of hydrogen-bond donors (Lipinski definition) is 1. The van der Waals surface area contributed by atoms with Crippen LogP contribution in [-0.4, -0.2) is 21.5 Å². The number of anilines is 1. The summed E-state index contributed by atoms with van der Waals surface area (Å²) >= 11 is 6.00. The number of nitrogens with zero attached hydrogens (tertiary/aromatic N) is 3. The van der Waals surface area contributed by atoms with Crippen molar-refractivity contribution in [3.05, 3.63) is 35.2 Å². The van der Waals surface area contributed by atoms with Crippen molar-refractivity contribution in [3.8, 4) is 11.6 Å². The molecule has 0 spiro atoms. The van der Waals surface area contributed by atoms with Gasteiger partial charge in [-0.05, 0) is 26.0 Å². The predicted molar refractivity (Wildman–Crippen MR) is 70.3 cm³/mol. The van der Waals surface area contributed by atoms with Crippen LogP contribution in [0.3, 0.4) is 0 Å². The first-order valence-electron chi connectivity index (χ1n) is 5.56. The fraction of sp³-hybridized carbons (Fsp3) is 0.250. The molecule has 18 heavy (non-hydrogen) atoms. The fourth-order valence-electron chi connectivity index (χ4n) is 1.35. The van der Waals surface area contributed by atoms with Gasteiger partial charge in [0.05, 0.1) is 11.9 Å². The maximum atomic E-state index is 6.00. The zero-order valence-electron chi connectivity index (χ0n) is 10.1. The van der Waals surface area contributed by atoms with Gasteiger partial charge in [-0.25, -0.2) is 4.98 Å². The van der Waals surface area contributed by atoms with Crippen molar-refractivity contribution < 1.29 is 4.74 Å². The second-order valence-corrected chi connectivity index (χ2v) is 3.97. The van der Waals surface area contributed by atoms with Crippen LogP contribution in [0.4, 0.5) is 5.95 Å². The van der Waals surface area contributed by atoms with Crippen molar-refractivity contribution in [2.24, 2.45) is 0 Å². The normalized spacial score (nSPS) is 10.2. The second kappa shape index (κ2) is 5.64. The van der Waals surface area contributed by atoms with Gasteiger partial charge in [0, 0.05) is 12.7 Å². The molecule has 1 N–H and O–H groups in total. The number of halogens is 1. The summed E-state index contributed by atoms with van der Waals surface area (Å²) in [6.07, 6.45) is 3.21. The first-order chi connectivity index (χ1) is 8.70. The Bertz CT molecular complexity index is 547. The highest BCUT2D eigenvalue weighted by Gasteiger charge is 2.09. The van der Waals surface area contributed by atoms with Crippen LogP contribution in [0.5, 0.6) is 11.6 Å². The van der Waals surface area contributed by atoms with Gasteiger partial charge in [-0.3, -0.25) is 4.98 Å². The van der Waals surface area contributed by atoms with Crippen molar-refractivity contribution in [2.45, 2.75) is 13.8 Å². The van der Waals surface area contributed by atoms with Gasteiger partial charge in [0.1, 0.15) is 5.02 Å². The molecule has 0 bridgehead atoms. The number of rotatable bonds is 4. The van der Waals surface area contributed by atoms with Crippen LogP contribution < -0.4 is 10.1 Å². The molecule has 0 fully saturated rings. The van der Waals surface area contributed by atoms with E-state index in [1.54, 1.807) is 12.3 Å². The van der Waals surface area contributed by atoms with Gasteiger partial charge in [-0.1, -0.05) is 11.6 Å². The molecule has 2 aromatic rings. The molecule has 5 nitrogen and oxygen atoms in total. The Morgan fingerprint density at radius 3 is 2.94 bits per heavy atom. The summed E-state index contributed by atoms with van der Waals surface area (Å²) < 4.78 is 5.64. The van der Waals surface area contributed by atoms with Crippen molar-refractivity contribution in [1.82, 2.24) is 15.0 Å². The Kier molecular flexibility index (Phi) is 3.94. The molecule has 0 saturated heterocycles.